The van der Waals surface area contributed by atoms with Crippen LogP contribution in [-0.2, 0) is 4.74 Å². The highest BCUT2D eigenvalue weighted by atomic mass is 16.5. The molecule has 3 atom stereocenters. The van der Waals surface area contributed by atoms with Crippen molar-refractivity contribution in [1.29, 1.82) is 0 Å². The Morgan fingerprint density at radius 1 is 1.18 bits per heavy atom. The minimum atomic E-state index is 0.330. The van der Waals surface area contributed by atoms with Crippen LogP contribution < -0.4 is 5.32 Å². The fraction of sp³-hybridized carbons (Fsp3) is 1.00. The van der Waals surface area contributed by atoms with Gasteiger partial charge in [-0.05, 0) is 43.9 Å². The van der Waals surface area contributed by atoms with Gasteiger partial charge < -0.3 is 10.1 Å². The number of rotatable bonds is 4. The largest absolute Gasteiger partial charge is 0.380 e. The number of hydrogen-bond acceptors (Lipinski definition) is 2. The highest BCUT2D eigenvalue weighted by Crippen LogP contribution is 2.36. The van der Waals surface area contributed by atoms with E-state index >= 15 is 0 Å². The number of hydrogen-bond donors (Lipinski definition) is 1. The van der Waals surface area contributed by atoms with Crippen LogP contribution in [0.15, 0.2) is 0 Å². The molecule has 0 spiro atoms. The molecule has 0 amide bonds. The molecule has 2 heteroatoms. The van der Waals surface area contributed by atoms with Gasteiger partial charge in [0.2, 0.25) is 0 Å². The summed E-state index contributed by atoms with van der Waals surface area (Å²) in [5, 5.41) is 3.66. The maximum Gasteiger partial charge on any atom is 0.0667 e. The van der Waals surface area contributed by atoms with Crippen molar-refractivity contribution >= 4 is 0 Å². The zero-order valence-corrected chi connectivity index (χ0v) is 12.4. The third-order valence-corrected chi connectivity index (χ3v) is 4.29. The van der Waals surface area contributed by atoms with Crippen LogP contribution in [0.2, 0.25) is 0 Å². The van der Waals surface area contributed by atoms with Gasteiger partial charge in [-0.15, -0.1) is 0 Å². The molecule has 0 aromatic heterocycles. The summed E-state index contributed by atoms with van der Waals surface area (Å²) in [6, 6.07) is 0.708. The molecule has 1 fully saturated rings. The summed E-state index contributed by atoms with van der Waals surface area (Å²) in [5.41, 5.74) is 0.481. The zero-order valence-electron chi connectivity index (χ0n) is 12.4. The van der Waals surface area contributed by atoms with Gasteiger partial charge in [0, 0.05) is 19.7 Å². The molecule has 1 saturated carbocycles. The highest BCUT2D eigenvalue weighted by molar-refractivity contribution is 4.81. The Morgan fingerprint density at radius 3 is 2.47 bits per heavy atom. The Hall–Kier alpha value is -0.0800. The maximum absolute atomic E-state index is 5.29. The summed E-state index contributed by atoms with van der Waals surface area (Å²) in [5.74, 6) is 0.897. The standard InChI is InChI=1S/C15H31NO/c1-12(17-5)11-16-14-8-6-7-13(9-10-14)15(2,3)4/h12-14,16H,6-11H2,1-5H3. The Labute approximate surface area is 108 Å². The third kappa shape index (κ3) is 5.39. The monoisotopic (exact) mass is 241 g/mol. The first-order valence-corrected chi connectivity index (χ1v) is 7.19. The van der Waals surface area contributed by atoms with E-state index in [9.17, 15) is 0 Å². The van der Waals surface area contributed by atoms with Gasteiger partial charge >= 0.3 is 0 Å². The lowest BCUT2D eigenvalue weighted by Crippen LogP contribution is -2.35. The van der Waals surface area contributed by atoms with Crippen LogP contribution in [0.1, 0.15) is 59.8 Å². The SMILES string of the molecule is COC(C)CNC1CCCC(C(C)(C)C)CC1. The molecule has 0 aromatic rings. The van der Waals surface area contributed by atoms with E-state index in [2.05, 4.69) is 33.0 Å². The first-order valence-electron chi connectivity index (χ1n) is 7.19. The summed E-state index contributed by atoms with van der Waals surface area (Å²) in [4.78, 5) is 0. The molecule has 2 nitrogen and oxygen atoms in total. The van der Waals surface area contributed by atoms with E-state index in [0.29, 0.717) is 17.6 Å². The Balaban J connectivity index is 2.32. The van der Waals surface area contributed by atoms with Gasteiger partial charge in [0.15, 0.2) is 0 Å². The summed E-state index contributed by atoms with van der Waals surface area (Å²) < 4.78 is 5.29. The second kappa shape index (κ2) is 6.75. The summed E-state index contributed by atoms with van der Waals surface area (Å²) in [7, 11) is 1.79. The summed E-state index contributed by atoms with van der Waals surface area (Å²) in [6.07, 6.45) is 7.16. The van der Waals surface area contributed by atoms with Gasteiger partial charge in [0.1, 0.15) is 0 Å². The molecule has 17 heavy (non-hydrogen) atoms. The number of ether oxygens (including phenoxy) is 1. The van der Waals surface area contributed by atoms with Crippen molar-refractivity contribution in [2.24, 2.45) is 11.3 Å². The van der Waals surface area contributed by atoms with Crippen molar-refractivity contribution in [3.8, 4) is 0 Å². The van der Waals surface area contributed by atoms with Crippen LogP contribution >= 0.6 is 0 Å². The van der Waals surface area contributed by atoms with Crippen molar-refractivity contribution in [1.82, 2.24) is 5.32 Å². The summed E-state index contributed by atoms with van der Waals surface area (Å²) in [6.45, 7) is 10.3. The van der Waals surface area contributed by atoms with Gasteiger partial charge in [0.05, 0.1) is 6.10 Å². The second-order valence-corrected chi connectivity index (χ2v) is 6.72. The topological polar surface area (TPSA) is 21.3 Å². The molecule has 0 saturated heterocycles. The first-order chi connectivity index (χ1) is 7.93. The van der Waals surface area contributed by atoms with E-state index in [4.69, 9.17) is 4.74 Å². The molecule has 1 N–H and O–H groups in total. The molecule has 0 aliphatic heterocycles. The zero-order chi connectivity index (χ0) is 12.9. The Bertz CT molecular complexity index is 209. The molecular formula is C15H31NO. The van der Waals surface area contributed by atoms with Gasteiger partial charge in [-0.25, -0.2) is 0 Å². The van der Waals surface area contributed by atoms with Crippen molar-refractivity contribution in [3.05, 3.63) is 0 Å². The third-order valence-electron chi connectivity index (χ3n) is 4.29. The average Bonchev–Trinajstić information content (AvgIpc) is 2.50. The normalized spacial score (nSPS) is 28.8. The number of methoxy groups -OCH3 is 1. The van der Waals surface area contributed by atoms with Gasteiger partial charge in [-0.2, -0.15) is 0 Å². The lowest BCUT2D eigenvalue weighted by atomic mass is 9.76. The lowest BCUT2D eigenvalue weighted by Gasteiger charge is -2.29. The predicted octanol–water partition coefficient (Wildman–Crippen LogP) is 3.61. The molecule has 3 unspecified atom stereocenters. The van der Waals surface area contributed by atoms with Crippen LogP contribution in [0, 0.1) is 11.3 Å². The van der Waals surface area contributed by atoms with E-state index in [-0.39, 0.29) is 0 Å². The van der Waals surface area contributed by atoms with Crippen molar-refractivity contribution < 1.29 is 4.74 Å². The van der Waals surface area contributed by atoms with Crippen molar-refractivity contribution in [2.45, 2.75) is 71.9 Å². The smallest absolute Gasteiger partial charge is 0.0667 e. The van der Waals surface area contributed by atoms with Crippen LogP contribution in [0.5, 0.6) is 0 Å². The quantitative estimate of drug-likeness (QED) is 0.759. The molecule has 1 aliphatic rings. The van der Waals surface area contributed by atoms with E-state index in [0.717, 1.165) is 12.5 Å². The average molecular weight is 241 g/mol. The van der Waals surface area contributed by atoms with E-state index in [1.807, 2.05) is 0 Å². The molecule has 0 aromatic carbocycles. The maximum atomic E-state index is 5.29. The van der Waals surface area contributed by atoms with Gasteiger partial charge in [-0.1, -0.05) is 27.2 Å². The van der Waals surface area contributed by atoms with E-state index < -0.39 is 0 Å². The van der Waals surface area contributed by atoms with Crippen LogP contribution in [0.4, 0.5) is 0 Å². The molecular weight excluding hydrogens is 210 g/mol. The second-order valence-electron chi connectivity index (χ2n) is 6.72. The van der Waals surface area contributed by atoms with Gasteiger partial charge in [-0.3, -0.25) is 0 Å². The van der Waals surface area contributed by atoms with Crippen molar-refractivity contribution in [3.63, 3.8) is 0 Å². The van der Waals surface area contributed by atoms with Crippen LogP contribution in [0.3, 0.4) is 0 Å². The first kappa shape index (κ1) is 15.0. The number of nitrogens with one attached hydrogen (secondary N) is 1. The molecule has 0 heterocycles. The molecule has 0 bridgehead atoms. The predicted molar refractivity (Wildman–Crippen MR) is 74.3 cm³/mol. The van der Waals surface area contributed by atoms with Crippen LogP contribution in [0.25, 0.3) is 0 Å². The lowest BCUT2D eigenvalue weighted by molar-refractivity contribution is 0.113. The summed E-state index contributed by atoms with van der Waals surface area (Å²) >= 11 is 0. The minimum absolute atomic E-state index is 0.330. The fourth-order valence-corrected chi connectivity index (χ4v) is 2.79. The molecule has 1 aliphatic carbocycles. The fourth-order valence-electron chi connectivity index (χ4n) is 2.79. The van der Waals surface area contributed by atoms with Gasteiger partial charge in [0.25, 0.3) is 0 Å². The van der Waals surface area contributed by atoms with Crippen molar-refractivity contribution in [2.75, 3.05) is 13.7 Å². The molecule has 1 rings (SSSR count). The Kier molecular flexibility index (Phi) is 5.94. The molecule has 102 valence electrons. The van der Waals surface area contributed by atoms with E-state index in [1.165, 1.54) is 32.1 Å². The van der Waals surface area contributed by atoms with E-state index in [1.54, 1.807) is 7.11 Å². The Morgan fingerprint density at radius 2 is 1.88 bits per heavy atom. The van der Waals surface area contributed by atoms with Crippen LogP contribution in [-0.4, -0.2) is 25.8 Å². The molecule has 0 radical (unpaired) electrons. The highest BCUT2D eigenvalue weighted by Gasteiger charge is 2.27. The minimum Gasteiger partial charge on any atom is -0.380 e.